The first-order valence-electron chi connectivity index (χ1n) is 4.43. The van der Waals surface area contributed by atoms with Crippen molar-refractivity contribution in [1.82, 2.24) is 0 Å². The van der Waals surface area contributed by atoms with Crippen LogP contribution in [-0.4, -0.2) is 0 Å². The minimum absolute atomic E-state index is 0.849. The van der Waals surface area contributed by atoms with Gasteiger partial charge in [0.05, 0.1) is 0 Å². The van der Waals surface area contributed by atoms with E-state index in [0.29, 0.717) is 0 Å². The van der Waals surface area contributed by atoms with E-state index in [2.05, 4.69) is 38.2 Å². The van der Waals surface area contributed by atoms with E-state index in [0.717, 1.165) is 11.8 Å². The van der Waals surface area contributed by atoms with Gasteiger partial charge in [-0.25, -0.2) is 0 Å². The van der Waals surface area contributed by atoms with Crippen LogP contribution in [0.1, 0.15) is 20.3 Å². The fourth-order valence-electron chi connectivity index (χ4n) is 2.08. The van der Waals surface area contributed by atoms with Gasteiger partial charge in [0.25, 0.3) is 0 Å². The number of allylic oxidation sites excluding steroid dienone is 6. The summed E-state index contributed by atoms with van der Waals surface area (Å²) in [4.78, 5) is 0. The second-order valence-electron chi connectivity index (χ2n) is 3.43. The maximum Gasteiger partial charge on any atom is -0.0131 e. The average Bonchev–Trinajstić information content (AvgIpc) is 2.53. The zero-order valence-electron chi connectivity index (χ0n) is 7.17. The lowest BCUT2D eigenvalue weighted by Gasteiger charge is -1.86. The highest BCUT2D eigenvalue weighted by Crippen LogP contribution is 2.50. The Labute approximate surface area is 68.3 Å². The molecule has 0 aliphatic heterocycles. The van der Waals surface area contributed by atoms with Crippen molar-refractivity contribution in [3.8, 4) is 0 Å². The Balaban J connectivity index is 2.24. The van der Waals surface area contributed by atoms with Crippen molar-refractivity contribution in [2.24, 2.45) is 11.8 Å². The van der Waals surface area contributed by atoms with Crippen molar-refractivity contribution in [3.63, 3.8) is 0 Å². The third kappa shape index (κ3) is 0.973. The Hall–Kier alpha value is -0.780. The zero-order chi connectivity index (χ0) is 7.84. The molecule has 0 nitrogen and oxygen atoms in total. The largest absolute Gasteiger partial charge is 0.0648 e. The number of hydrogen-bond acceptors (Lipinski definition) is 0. The first-order chi connectivity index (χ1) is 5.34. The van der Waals surface area contributed by atoms with Gasteiger partial charge in [0.2, 0.25) is 0 Å². The van der Waals surface area contributed by atoms with Crippen molar-refractivity contribution in [2.45, 2.75) is 20.3 Å². The molecule has 0 heteroatoms. The molecule has 2 aliphatic carbocycles. The summed E-state index contributed by atoms with van der Waals surface area (Å²) in [5.74, 6) is 1.74. The van der Waals surface area contributed by atoms with Crippen LogP contribution < -0.4 is 0 Å². The van der Waals surface area contributed by atoms with Crippen LogP contribution >= 0.6 is 0 Å². The van der Waals surface area contributed by atoms with Crippen molar-refractivity contribution < 1.29 is 0 Å². The smallest absolute Gasteiger partial charge is 0.0131 e. The van der Waals surface area contributed by atoms with Crippen LogP contribution in [0.15, 0.2) is 35.5 Å². The molecule has 0 heterocycles. The highest BCUT2D eigenvalue weighted by molar-refractivity contribution is 5.50. The Morgan fingerprint density at radius 2 is 1.91 bits per heavy atom. The summed E-state index contributed by atoms with van der Waals surface area (Å²) < 4.78 is 0. The van der Waals surface area contributed by atoms with Gasteiger partial charge in [-0.3, -0.25) is 0 Å². The quantitative estimate of drug-likeness (QED) is 0.533. The molecule has 0 spiro atoms. The number of rotatable bonds is 1. The van der Waals surface area contributed by atoms with Crippen molar-refractivity contribution in [2.75, 3.05) is 0 Å². The maximum absolute atomic E-state index is 2.33. The molecule has 0 radical (unpaired) electrons. The Morgan fingerprint density at radius 3 is 2.36 bits per heavy atom. The van der Waals surface area contributed by atoms with Crippen molar-refractivity contribution in [1.29, 1.82) is 0 Å². The first kappa shape index (κ1) is 6.90. The minimum Gasteiger partial charge on any atom is -0.0648 e. The van der Waals surface area contributed by atoms with Crippen LogP contribution in [0.5, 0.6) is 0 Å². The molecular weight excluding hydrogens is 132 g/mol. The Kier molecular flexibility index (Phi) is 1.49. The molecule has 11 heavy (non-hydrogen) atoms. The summed E-state index contributed by atoms with van der Waals surface area (Å²) in [7, 11) is 0. The van der Waals surface area contributed by atoms with E-state index in [-0.39, 0.29) is 0 Å². The topological polar surface area (TPSA) is 0 Å². The Bertz CT molecular complexity index is 239. The summed E-state index contributed by atoms with van der Waals surface area (Å²) >= 11 is 0. The van der Waals surface area contributed by atoms with E-state index in [1.54, 1.807) is 5.57 Å². The molecule has 0 bridgehead atoms. The zero-order valence-corrected chi connectivity index (χ0v) is 7.17. The molecular formula is C11H14. The second kappa shape index (κ2) is 2.37. The third-order valence-corrected chi connectivity index (χ3v) is 2.82. The average molecular weight is 146 g/mol. The van der Waals surface area contributed by atoms with Gasteiger partial charge >= 0.3 is 0 Å². The SMILES string of the molecule is CCC1C(=C2C=CC=C2)C1C. The summed E-state index contributed by atoms with van der Waals surface area (Å²) in [5, 5.41) is 0. The molecule has 0 saturated heterocycles. The molecule has 0 N–H and O–H groups in total. The fourth-order valence-corrected chi connectivity index (χ4v) is 2.08. The summed E-state index contributed by atoms with van der Waals surface area (Å²) in [5.41, 5.74) is 3.15. The lowest BCUT2D eigenvalue weighted by Crippen LogP contribution is -1.70. The van der Waals surface area contributed by atoms with E-state index in [4.69, 9.17) is 0 Å². The predicted octanol–water partition coefficient (Wildman–Crippen LogP) is 3.08. The van der Waals surface area contributed by atoms with Gasteiger partial charge in [0.15, 0.2) is 0 Å². The minimum atomic E-state index is 0.849. The second-order valence-corrected chi connectivity index (χ2v) is 3.43. The van der Waals surface area contributed by atoms with E-state index < -0.39 is 0 Å². The molecule has 58 valence electrons. The predicted molar refractivity (Wildman–Crippen MR) is 48.3 cm³/mol. The van der Waals surface area contributed by atoms with Gasteiger partial charge in [-0.1, -0.05) is 43.7 Å². The van der Waals surface area contributed by atoms with E-state index in [1.165, 1.54) is 12.0 Å². The summed E-state index contributed by atoms with van der Waals surface area (Å²) in [6.45, 7) is 4.60. The normalized spacial score (nSPS) is 33.6. The molecule has 2 aliphatic rings. The van der Waals surface area contributed by atoms with E-state index in [9.17, 15) is 0 Å². The van der Waals surface area contributed by atoms with Crippen LogP contribution in [0.4, 0.5) is 0 Å². The van der Waals surface area contributed by atoms with Gasteiger partial charge in [0.1, 0.15) is 0 Å². The van der Waals surface area contributed by atoms with Gasteiger partial charge in [0, 0.05) is 0 Å². The van der Waals surface area contributed by atoms with E-state index >= 15 is 0 Å². The maximum atomic E-state index is 2.33. The van der Waals surface area contributed by atoms with E-state index in [1.807, 2.05) is 0 Å². The first-order valence-corrected chi connectivity index (χ1v) is 4.43. The van der Waals surface area contributed by atoms with Crippen LogP contribution in [-0.2, 0) is 0 Å². The lowest BCUT2D eigenvalue weighted by atomic mass is 10.2. The van der Waals surface area contributed by atoms with Crippen molar-refractivity contribution in [3.05, 3.63) is 35.5 Å². The Morgan fingerprint density at radius 1 is 1.27 bits per heavy atom. The van der Waals surface area contributed by atoms with Crippen molar-refractivity contribution >= 4 is 0 Å². The molecule has 0 aromatic rings. The standard InChI is InChI=1S/C11H14/c1-3-10-8(2)11(10)9-6-4-5-7-9/h4-8,10H,3H2,1-2H3. The lowest BCUT2D eigenvalue weighted by molar-refractivity contribution is 0.727. The van der Waals surface area contributed by atoms with Crippen LogP contribution in [0.25, 0.3) is 0 Å². The molecule has 2 unspecified atom stereocenters. The highest BCUT2D eigenvalue weighted by atomic mass is 14.4. The molecule has 0 aromatic heterocycles. The van der Waals surface area contributed by atoms with Crippen LogP contribution in [0, 0.1) is 11.8 Å². The molecule has 1 saturated carbocycles. The molecule has 2 atom stereocenters. The summed E-state index contributed by atoms with van der Waals surface area (Å²) in [6.07, 6.45) is 10.0. The highest BCUT2D eigenvalue weighted by Gasteiger charge is 2.39. The van der Waals surface area contributed by atoms with Gasteiger partial charge in [-0.2, -0.15) is 0 Å². The molecule has 0 aromatic carbocycles. The third-order valence-electron chi connectivity index (χ3n) is 2.82. The molecule has 0 amide bonds. The molecule has 2 rings (SSSR count). The van der Waals surface area contributed by atoms with Crippen LogP contribution in [0.3, 0.4) is 0 Å². The van der Waals surface area contributed by atoms with Gasteiger partial charge < -0.3 is 0 Å². The molecule has 1 fully saturated rings. The monoisotopic (exact) mass is 146 g/mol. The fraction of sp³-hybridized carbons (Fsp3) is 0.455. The number of hydrogen-bond donors (Lipinski definition) is 0. The van der Waals surface area contributed by atoms with Gasteiger partial charge in [-0.15, -0.1) is 0 Å². The van der Waals surface area contributed by atoms with Crippen LogP contribution in [0.2, 0.25) is 0 Å². The van der Waals surface area contributed by atoms with Gasteiger partial charge in [-0.05, 0) is 23.8 Å². The summed E-state index contributed by atoms with van der Waals surface area (Å²) in [6, 6.07) is 0.